The molecule has 0 nitrogen and oxygen atoms in total. The number of hydrogen-bond donors (Lipinski definition) is 0. The van der Waals surface area contributed by atoms with Crippen LogP contribution in [-0.2, 0) is 32.5 Å². The molecule has 0 saturated heterocycles. The molecule has 1 heterocycles. The van der Waals surface area contributed by atoms with E-state index in [1.165, 1.54) is 60.9 Å². The van der Waals surface area contributed by atoms with Crippen LogP contribution >= 0.6 is 15.8 Å². The average Bonchev–Trinajstić information content (AvgIpc) is 3.40. The summed E-state index contributed by atoms with van der Waals surface area (Å²) in [5.41, 5.74) is 14.2. The van der Waals surface area contributed by atoms with Gasteiger partial charge in [-0.25, -0.2) is 0 Å². The zero-order valence-electron chi connectivity index (χ0n) is 39.0. The Hall–Kier alpha value is -2.78. The predicted molar refractivity (Wildman–Crippen MR) is 257 cm³/mol. The number of hydrogen-bond acceptors (Lipinski definition) is 0. The van der Waals surface area contributed by atoms with Gasteiger partial charge >= 0.3 is 0 Å². The van der Waals surface area contributed by atoms with Gasteiger partial charge in [0, 0.05) is 0 Å². The molecule has 0 aliphatic carbocycles. The van der Waals surface area contributed by atoms with Crippen LogP contribution in [0, 0.1) is 13.8 Å². The summed E-state index contributed by atoms with van der Waals surface area (Å²) in [6, 6.07) is 28.7. The van der Waals surface area contributed by atoms with Crippen LogP contribution in [0.15, 0.2) is 83.7 Å². The van der Waals surface area contributed by atoms with Gasteiger partial charge in [0.15, 0.2) is 0 Å². The van der Waals surface area contributed by atoms with Gasteiger partial charge in [-0.05, 0) is 151 Å². The molecule has 1 aliphatic rings. The number of aryl methyl sites for hydroxylation is 2. The zero-order valence-corrected chi connectivity index (χ0v) is 40.8. The second-order valence-corrected chi connectivity index (χ2v) is 27.1. The van der Waals surface area contributed by atoms with Crippen molar-refractivity contribution < 1.29 is 0 Å². The van der Waals surface area contributed by atoms with E-state index >= 15 is 0 Å². The molecular formula is C54H74P2. The van der Waals surface area contributed by atoms with Crippen LogP contribution in [0.2, 0.25) is 0 Å². The van der Waals surface area contributed by atoms with Gasteiger partial charge in [-0.3, -0.25) is 0 Å². The largest absolute Gasteiger partial charge is 0.0620 e. The molecule has 0 saturated carbocycles. The molecule has 4 aromatic rings. The SMILES string of the molecule is Cc1ccccc1/C=C1\P(c2c(C(C)(C)C)cc(C(C)(C)C)cc2C(C)(C)C)C=C(c2ccccc2C)P1c1c(C(C)(C)C)cc(C(C)(C)C)cc1C(C)(C)C. The van der Waals surface area contributed by atoms with Gasteiger partial charge in [-0.1, -0.05) is 197 Å². The zero-order chi connectivity index (χ0) is 42.1. The Labute approximate surface area is 346 Å². The Bertz CT molecular complexity index is 2090. The summed E-state index contributed by atoms with van der Waals surface area (Å²) in [6.07, 6.45) is 2.67. The van der Waals surface area contributed by atoms with E-state index in [2.05, 4.69) is 223 Å². The van der Waals surface area contributed by atoms with Gasteiger partial charge in [0.05, 0.1) is 0 Å². The summed E-state index contributed by atoms with van der Waals surface area (Å²) in [7, 11) is -1.85. The van der Waals surface area contributed by atoms with Crippen molar-refractivity contribution in [2.75, 3.05) is 0 Å². The predicted octanol–water partition coefficient (Wildman–Crippen LogP) is 16.0. The van der Waals surface area contributed by atoms with Crippen molar-refractivity contribution in [2.24, 2.45) is 0 Å². The van der Waals surface area contributed by atoms with Gasteiger partial charge in [0.2, 0.25) is 0 Å². The fraction of sp³-hybridized carbons (Fsp3) is 0.481. The van der Waals surface area contributed by atoms with Crippen molar-refractivity contribution in [1.82, 2.24) is 0 Å². The highest BCUT2D eigenvalue weighted by Crippen LogP contribution is 2.77. The molecule has 2 unspecified atom stereocenters. The lowest BCUT2D eigenvalue weighted by Gasteiger charge is -2.38. The first-order chi connectivity index (χ1) is 25.4. The molecule has 2 atom stereocenters. The van der Waals surface area contributed by atoms with E-state index in [9.17, 15) is 0 Å². The van der Waals surface area contributed by atoms with Crippen LogP contribution in [0.1, 0.15) is 180 Å². The number of rotatable bonds is 4. The molecule has 0 aromatic heterocycles. The molecule has 0 fully saturated rings. The maximum atomic E-state index is 2.81. The molecule has 56 heavy (non-hydrogen) atoms. The van der Waals surface area contributed by atoms with Gasteiger partial charge < -0.3 is 0 Å². The van der Waals surface area contributed by atoms with Crippen molar-refractivity contribution in [2.45, 2.75) is 171 Å². The summed E-state index contributed by atoms with van der Waals surface area (Å²) in [4.78, 5) is 0. The fourth-order valence-electron chi connectivity index (χ4n) is 7.89. The van der Waals surface area contributed by atoms with Gasteiger partial charge in [0.1, 0.15) is 0 Å². The Morgan fingerprint density at radius 3 is 1.18 bits per heavy atom. The van der Waals surface area contributed by atoms with Crippen molar-refractivity contribution >= 4 is 37.8 Å². The highest BCUT2D eigenvalue weighted by molar-refractivity contribution is 7.98. The van der Waals surface area contributed by atoms with Crippen molar-refractivity contribution in [3.05, 3.63) is 139 Å². The molecule has 0 spiro atoms. The summed E-state index contributed by atoms with van der Waals surface area (Å²) in [5, 5.41) is 6.29. The smallest absolute Gasteiger partial charge is 0.00446 e. The molecular weight excluding hydrogens is 711 g/mol. The molecule has 5 rings (SSSR count). The minimum atomic E-state index is -0.953. The van der Waals surface area contributed by atoms with Crippen LogP contribution in [0.5, 0.6) is 0 Å². The lowest BCUT2D eigenvalue weighted by Crippen LogP contribution is -2.32. The van der Waals surface area contributed by atoms with Crippen molar-refractivity contribution in [3.8, 4) is 0 Å². The van der Waals surface area contributed by atoms with E-state index < -0.39 is 15.8 Å². The van der Waals surface area contributed by atoms with Crippen LogP contribution in [0.4, 0.5) is 0 Å². The van der Waals surface area contributed by atoms with E-state index in [0.717, 1.165) is 0 Å². The normalized spacial score (nSPS) is 18.1. The Kier molecular flexibility index (Phi) is 12.0. The second-order valence-electron chi connectivity index (χ2n) is 22.7. The standard InChI is InChI=1S/C54H74P2/c1-35-25-21-23-27-37(35)29-46-55(47-41(51(9,10)11)30-38(49(3,4)5)31-42(47)52(12,13)14)34-45(40-28-24-22-26-36(40)2)56(46)48-43(53(15,16)17)32-39(50(6,7)8)33-44(48)54(18,19)20/h21-34H,1-20H3/b46-29+. The first kappa shape index (κ1) is 44.3. The van der Waals surface area contributed by atoms with E-state index in [4.69, 9.17) is 0 Å². The third-order valence-corrected chi connectivity index (χ3v) is 17.4. The van der Waals surface area contributed by atoms with Gasteiger partial charge in [-0.2, -0.15) is 0 Å². The van der Waals surface area contributed by atoms with Crippen molar-refractivity contribution in [3.63, 3.8) is 0 Å². The number of benzene rings is 4. The quantitative estimate of drug-likeness (QED) is 0.181. The highest BCUT2D eigenvalue weighted by Gasteiger charge is 2.44. The first-order valence-corrected chi connectivity index (χ1v) is 23.7. The first-order valence-electron chi connectivity index (χ1n) is 21.0. The fourth-order valence-corrected chi connectivity index (χ4v) is 15.9. The van der Waals surface area contributed by atoms with Crippen LogP contribution in [0.3, 0.4) is 0 Å². The monoisotopic (exact) mass is 785 g/mol. The Balaban J connectivity index is 2.10. The second kappa shape index (κ2) is 15.1. The summed E-state index contributed by atoms with van der Waals surface area (Å²) < 4.78 is 0. The minimum Gasteiger partial charge on any atom is -0.0620 e. The van der Waals surface area contributed by atoms with E-state index in [-0.39, 0.29) is 32.5 Å². The Morgan fingerprint density at radius 1 is 0.429 bits per heavy atom. The van der Waals surface area contributed by atoms with E-state index in [0.29, 0.717) is 0 Å². The molecule has 2 heteroatoms. The molecule has 4 aromatic carbocycles. The molecule has 300 valence electrons. The summed E-state index contributed by atoms with van der Waals surface area (Å²) in [6.45, 7) is 48.2. The highest BCUT2D eigenvalue weighted by atomic mass is 31.2. The van der Waals surface area contributed by atoms with Crippen LogP contribution in [-0.4, -0.2) is 0 Å². The Morgan fingerprint density at radius 2 is 0.804 bits per heavy atom. The maximum Gasteiger partial charge on any atom is -0.00446 e. The molecule has 0 amide bonds. The molecule has 0 radical (unpaired) electrons. The van der Waals surface area contributed by atoms with Gasteiger partial charge in [0.25, 0.3) is 0 Å². The van der Waals surface area contributed by atoms with Crippen LogP contribution in [0.25, 0.3) is 11.4 Å². The van der Waals surface area contributed by atoms with Crippen LogP contribution < -0.4 is 10.6 Å². The minimum absolute atomic E-state index is 0.0284. The topological polar surface area (TPSA) is 0 Å². The molecule has 0 bridgehead atoms. The van der Waals surface area contributed by atoms with E-state index in [1.807, 2.05) is 0 Å². The maximum absolute atomic E-state index is 2.81. The third kappa shape index (κ3) is 9.09. The lowest BCUT2D eigenvalue weighted by atomic mass is 9.75. The lowest BCUT2D eigenvalue weighted by molar-refractivity contribution is 0.553. The summed E-state index contributed by atoms with van der Waals surface area (Å²) in [5.74, 6) is 2.81. The molecule has 0 N–H and O–H groups in total. The third-order valence-electron chi connectivity index (χ3n) is 11.5. The summed E-state index contributed by atoms with van der Waals surface area (Å²) >= 11 is 0. The van der Waals surface area contributed by atoms with Crippen molar-refractivity contribution in [1.29, 1.82) is 0 Å². The average molecular weight is 785 g/mol. The van der Waals surface area contributed by atoms with E-state index in [1.54, 1.807) is 15.7 Å². The molecule has 1 aliphatic heterocycles. The van der Waals surface area contributed by atoms with Gasteiger partial charge in [-0.15, -0.1) is 0 Å².